The summed E-state index contributed by atoms with van der Waals surface area (Å²) in [4.78, 5) is 10.0. The molecular formula is C8H16O3. The number of hydrogen-bond acceptors (Lipinski definition) is 3. The van der Waals surface area contributed by atoms with Crippen molar-refractivity contribution in [3.8, 4) is 0 Å². The van der Waals surface area contributed by atoms with Gasteiger partial charge in [-0.05, 0) is 13.8 Å². The Balaban J connectivity index is 3.41. The van der Waals surface area contributed by atoms with Crippen molar-refractivity contribution in [2.75, 3.05) is 13.2 Å². The predicted octanol–water partition coefficient (Wildman–Crippen LogP) is 1.36. The molecule has 0 aliphatic rings. The van der Waals surface area contributed by atoms with Gasteiger partial charge in [0, 0.05) is 26.1 Å². The molecular weight excluding hydrogens is 144 g/mol. The molecule has 66 valence electrons. The van der Waals surface area contributed by atoms with Crippen LogP contribution >= 0.6 is 0 Å². The largest absolute Gasteiger partial charge is 0.353 e. The average Bonchev–Trinajstić information content (AvgIpc) is 2.01. The smallest absolute Gasteiger partial charge is 0.157 e. The van der Waals surface area contributed by atoms with E-state index >= 15 is 0 Å². The van der Waals surface area contributed by atoms with Crippen molar-refractivity contribution in [2.45, 2.75) is 33.0 Å². The molecule has 0 saturated carbocycles. The first-order chi connectivity index (χ1) is 5.35. The summed E-state index contributed by atoms with van der Waals surface area (Å²) in [7, 11) is 0. The van der Waals surface area contributed by atoms with Gasteiger partial charge in [-0.15, -0.1) is 0 Å². The first-order valence-electron chi connectivity index (χ1n) is 4.02. The highest BCUT2D eigenvalue weighted by atomic mass is 16.7. The molecule has 0 aliphatic heterocycles. The topological polar surface area (TPSA) is 35.5 Å². The van der Waals surface area contributed by atoms with Gasteiger partial charge < -0.3 is 14.3 Å². The van der Waals surface area contributed by atoms with Crippen LogP contribution in [-0.2, 0) is 14.3 Å². The Morgan fingerprint density at radius 3 is 2.18 bits per heavy atom. The van der Waals surface area contributed by atoms with E-state index in [0.717, 1.165) is 6.29 Å². The van der Waals surface area contributed by atoms with Crippen LogP contribution in [0, 0.1) is 0 Å². The first-order valence-corrected chi connectivity index (χ1v) is 4.02. The van der Waals surface area contributed by atoms with Crippen LogP contribution < -0.4 is 0 Å². The third-order valence-corrected chi connectivity index (χ3v) is 1.23. The summed E-state index contributed by atoms with van der Waals surface area (Å²) in [5, 5.41) is 0. The van der Waals surface area contributed by atoms with Crippen LogP contribution in [0.5, 0.6) is 0 Å². The molecule has 0 aliphatic carbocycles. The summed E-state index contributed by atoms with van der Waals surface area (Å²) in [5.41, 5.74) is 0. The van der Waals surface area contributed by atoms with Crippen molar-refractivity contribution in [2.24, 2.45) is 0 Å². The molecule has 3 nitrogen and oxygen atoms in total. The highest BCUT2D eigenvalue weighted by Crippen LogP contribution is 2.02. The van der Waals surface area contributed by atoms with Crippen molar-refractivity contribution in [3.63, 3.8) is 0 Å². The fraction of sp³-hybridized carbons (Fsp3) is 0.875. The van der Waals surface area contributed by atoms with Gasteiger partial charge in [0.1, 0.15) is 6.29 Å². The van der Waals surface area contributed by atoms with Gasteiger partial charge in [-0.25, -0.2) is 0 Å². The van der Waals surface area contributed by atoms with Crippen molar-refractivity contribution >= 4 is 6.29 Å². The monoisotopic (exact) mass is 160 g/mol. The van der Waals surface area contributed by atoms with E-state index in [1.54, 1.807) is 0 Å². The van der Waals surface area contributed by atoms with E-state index in [2.05, 4.69) is 0 Å². The Morgan fingerprint density at radius 1 is 1.27 bits per heavy atom. The minimum Gasteiger partial charge on any atom is -0.353 e. The Labute approximate surface area is 67.7 Å². The molecule has 11 heavy (non-hydrogen) atoms. The highest BCUT2D eigenvalue weighted by Gasteiger charge is 2.05. The van der Waals surface area contributed by atoms with Gasteiger partial charge in [0.2, 0.25) is 0 Å². The number of hydrogen-bond donors (Lipinski definition) is 0. The lowest BCUT2D eigenvalue weighted by atomic mass is 10.3. The number of carbonyl (C=O) groups excluding carboxylic acids is 1. The average molecular weight is 160 g/mol. The minimum atomic E-state index is -0.199. The van der Waals surface area contributed by atoms with Gasteiger partial charge in [-0.2, -0.15) is 0 Å². The standard InChI is InChI=1S/C8H16O3/c1-3-10-8(11-4-2)6-5-7-9/h7-8H,3-6H2,1-2H3. The Bertz CT molecular complexity index is 87.3. The van der Waals surface area contributed by atoms with Gasteiger partial charge >= 0.3 is 0 Å². The molecule has 0 bridgehead atoms. The van der Waals surface area contributed by atoms with Gasteiger partial charge in [-0.3, -0.25) is 0 Å². The normalized spacial score (nSPS) is 10.5. The van der Waals surface area contributed by atoms with Gasteiger partial charge in [0.15, 0.2) is 6.29 Å². The van der Waals surface area contributed by atoms with Crippen LogP contribution in [0.3, 0.4) is 0 Å². The second kappa shape index (κ2) is 7.69. The van der Waals surface area contributed by atoms with Crippen LogP contribution in [0.15, 0.2) is 0 Å². The molecule has 0 rings (SSSR count). The molecule has 0 aromatic rings. The van der Waals surface area contributed by atoms with Crippen LogP contribution in [0.4, 0.5) is 0 Å². The third kappa shape index (κ3) is 6.01. The Kier molecular flexibility index (Phi) is 7.41. The van der Waals surface area contributed by atoms with E-state index in [4.69, 9.17) is 9.47 Å². The maximum absolute atomic E-state index is 10.0. The SMILES string of the molecule is CCOC(CCC=O)OCC. The summed E-state index contributed by atoms with van der Waals surface area (Å²) in [6.07, 6.45) is 1.84. The van der Waals surface area contributed by atoms with Crippen LogP contribution in [-0.4, -0.2) is 25.8 Å². The van der Waals surface area contributed by atoms with E-state index < -0.39 is 0 Å². The zero-order chi connectivity index (χ0) is 8.53. The molecule has 0 aromatic carbocycles. The van der Waals surface area contributed by atoms with E-state index in [-0.39, 0.29) is 6.29 Å². The second-order valence-electron chi connectivity index (χ2n) is 2.08. The van der Waals surface area contributed by atoms with E-state index in [0.29, 0.717) is 26.1 Å². The molecule has 0 spiro atoms. The predicted molar refractivity (Wildman–Crippen MR) is 42.3 cm³/mol. The number of carbonyl (C=O) groups is 1. The fourth-order valence-corrected chi connectivity index (χ4v) is 0.791. The molecule has 0 atom stereocenters. The molecule has 0 radical (unpaired) electrons. The van der Waals surface area contributed by atoms with Crippen molar-refractivity contribution in [1.29, 1.82) is 0 Å². The van der Waals surface area contributed by atoms with Crippen molar-refractivity contribution < 1.29 is 14.3 Å². The van der Waals surface area contributed by atoms with Gasteiger partial charge in [0.05, 0.1) is 0 Å². The number of rotatable bonds is 7. The molecule has 0 N–H and O–H groups in total. The fourth-order valence-electron chi connectivity index (χ4n) is 0.791. The van der Waals surface area contributed by atoms with Crippen LogP contribution in [0.25, 0.3) is 0 Å². The number of ether oxygens (including phenoxy) is 2. The first kappa shape index (κ1) is 10.6. The Hall–Kier alpha value is -0.410. The lowest BCUT2D eigenvalue weighted by Gasteiger charge is -2.14. The lowest BCUT2D eigenvalue weighted by molar-refractivity contribution is -0.142. The van der Waals surface area contributed by atoms with Crippen molar-refractivity contribution in [3.05, 3.63) is 0 Å². The molecule has 0 fully saturated rings. The van der Waals surface area contributed by atoms with Crippen molar-refractivity contribution in [1.82, 2.24) is 0 Å². The van der Waals surface area contributed by atoms with Crippen LogP contribution in [0.1, 0.15) is 26.7 Å². The minimum absolute atomic E-state index is 0.199. The summed E-state index contributed by atoms with van der Waals surface area (Å²) >= 11 is 0. The third-order valence-electron chi connectivity index (χ3n) is 1.23. The summed E-state index contributed by atoms with van der Waals surface area (Å²) in [5.74, 6) is 0. The molecule has 0 amide bonds. The summed E-state index contributed by atoms with van der Waals surface area (Å²) in [6.45, 7) is 5.08. The summed E-state index contributed by atoms with van der Waals surface area (Å²) in [6, 6.07) is 0. The maximum Gasteiger partial charge on any atom is 0.157 e. The quantitative estimate of drug-likeness (QED) is 0.416. The zero-order valence-electron chi connectivity index (χ0n) is 7.21. The maximum atomic E-state index is 10.0. The van der Waals surface area contributed by atoms with Crippen LogP contribution in [0.2, 0.25) is 0 Å². The number of aldehydes is 1. The molecule has 3 heteroatoms. The van der Waals surface area contributed by atoms with Gasteiger partial charge in [-0.1, -0.05) is 0 Å². The van der Waals surface area contributed by atoms with E-state index in [9.17, 15) is 4.79 Å². The molecule has 0 aromatic heterocycles. The molecule has 0 heterocycles. The zero-order valence-corrected chi connectivity index (χ0v) is 7.21. The van der Waals surface area contributed by atoms with Gasteiger partial charge in [0.25, 0.3) is 0 Å². The molecule has 0 saturated heterocycles. The lowest BCUT2D eigenvalue weighted by Crippen LogP contribution is -2.17. The second-order valence-corrected chi connectivity index (χ2v) is 2.08. The van der Waals surface area contributed by atoms with E-state index in [1.807, 2.05) is 13.8 Å². The Morgan fingerprint density at radius 2 is 1.82 bits per heavy atom. The molecule has 0 unspecified atom stereocenters. The highest BCUT2D eigenvalue weighted by molar-refractivity contribution is 5.49. The summed E-state index contributed by atoms with van der Waals surface area (Å²) < 4.78 is 10.4. The van der Waals surface area contributed by atoms with E-state index in [1.165, 1.54) is 0 Å².